The van der Waals surface area contributed by atoms with E-state index >= 15 is 0 Å². The highest BCUT2D eigenvalue weighted by molar-refractivity contribution is 9.11. The molecule has 0 radical (unpaired) electrons. The fourth-order valence-electron chi connectivity index (χ4n) is 1.06. The molecule has 2 aliphatic rings. The highest BCUT2D eigenvalue weighted by Gasteiger charge is 2.30. The molecule has 2 heterocycles. The van der Waals surface area contributed by atoms with E-state index < -0.39 is 0 Å². The van der Waals surface area contributed by atoms with Gasteiger partial charge in [0, 0.05) is 18.6 Å². The van der Waals surface area contributed by atoms with Crippen molar-refractivity contribution < 1.29 is 4.79 Å². The topological polar surface area (TPSA) is 44.4 Å². The van der Waals surface area contributed by atoms with Crippen molar-refractivity contribution in [3.63, 3.8) is 0 Å². The number of carbonyl (C=O) groups is 1. The lowest BCUT2D eigenvalue weighted by atomic mass is 10.4. The molecule has 1 atom stereocenters. The van der Waals surface area contributed by atoms with Gasteiger partial charge in [0.2, 0.25) is 0 Å². The fraction of sp³-hybridized carbons (Fsp3) is 0.167. The van der Waals surface area contributed by atoms with Crippen molar-refractivity contribution in [2.24, 2.45) is 0 Å². The maximum atomic E-state index is 11.1. The number of hydrogen-bond acceptors (Lipinski definition) is 3. The molecule has 0 spiro atoms. The molecule has 58 valence electrons. The first-order valence-electron chi connectivity index (χ1n) is 3.16. The fourth-order valence-corrected chi connectivity index (χ4v) is 1.52. The van der Waals surface area contributed by atoms with E-state index in [0.29, 0.717) is 0 Å². The van der Waals surface area contributed by atoms with Crippen LogP contribution in [0.5, 0.6) is 0 Å². The molecule has 0 aliphatic carbocycles. The summed E-state index contributed by atoms with van der Waals surface area (Å²) in [6.07, 6.45) is 4.88. The van der Waals surface area contributed by atoms with Gasteiger partial charge in [-0.05, 0) is 15.9 Å². The summed E-state index contributed by atoms with van der Waals surface area (Å²) in [5, 5.41) is 5.51. The van der Waals surface area contributed by atoms with Gasteiger partial charge in [-0.2, -0.15) is 0 Å². The van der Waals surface area contributed by atoms with E-state index in [4.69, 9.17) is 0 Å². The Hall–Kier alpha value is -0.970. The number of halogens is 1. The summed E-state index contributed by atoms with van der Waals surface area (Å²) in [6.45, 7) is 0. The lowest BCUT2D eigenvalue weighted by molar-refractivity contribution is -0.124. The van der Waals surface area contributed by atoms with Crippen molar-refractivity contribution in [1.82, 2.24) is 15.5 Å². The van der Waals surface area contributed by atoms with Crippen molar-refractivity contribution in [3.05, 3.63) is 23.2 Å². The second-order valence-corrected chi connectivity index (χ2v) is 3.08. The van der Waals surface area contributed by atoms with Crippen LogP contribution in [0.1, 0.15) is 0 Å². The summed E-state index contributed by atoms with van der Waals surface area (Å²) in [6, 6.07) is 0. The number of hydrogen-bond donors (Lipinski definition) is 2. The molecule has 0 saturated carbocycles. The Bertz CT molecular complexity index is 261. The molecule has 2 N–H and O–H groups in total. The maximum absolute atomic E-state index is 11.1. The molecular weight excluding hydrogens is 210 g/mol. The minimum atomic E-state index is -0.283. The second kappa shape index (κ2) is 2.27. The first kappa shape index (κ1) is 6.72. The van der Waals surface area contributed by atoms with Crippen LogP contribution in [-0.2, 0) is 4.79 Å². The van der Waals surface area contributed by atoms with Crippen molar-refractivity contribution in [3.8, 4) is 0 Å². The van der Waals surface area contributed by atoms with E-state index in [1.807, 2.05) is 0 Å². The molecule has 2 aliphatic heterocycles. The zero-order valence-corrected chi connectivity index (χ0v) is 7.13. The van der Waals surface area contributed by atoms with Crippen LogP contribution < -0.4 is 10.6 Å². The summed E-state index contributed by atoms with van der Waals surface area (Å²) in [5.41, 5.74) is 0. The Morgan fingerprint density at radius 1 is 1.64 bits per heavy atom. The second-order valence-electron chi connectivity index (χ2n) is 2.27. The zero-order valence-electron chi connectivity index (χ0n) is 5.54. The maximum Gasteiger partial charge on any atom is 0.267 e. The third-order valence-corrected chi connectivity index (χ3v) is 2.23. The van der Waals surface area contributed by atoms with Crippen LogP contribution in [0, 0.1) is 0 Å². The SMILES string of the molecule is O=C1NC=CN2C(Br)=CNC12. The van der Waals surface area contributed by atoms with Gasteiger partial charge in [0.25, 0.3) is 5.91 Å². The van der Waals surface area contributed by atoms with Gasteiger partial charge in [-0.25, -0.2) is 0 Å². The average Bonchev–Trinajstić information content (AvgIpc) is 2.35. The predicted octanol–water partition coefficient (Wildman–Crippen LogP) is 0.0125. The molecule has 0 aromatic rings. The Labute approximate surface area is 72.1 Å². The molecule has 0 fully saturated rings. The Morgan fingerprint density at radius 3 is 3.18 bits per heavy atom. The molecule has 0 aromatic carbocycles. The van der Waals surface area contributed by atoms with Crippen LogP contribution in [0.25, 0.3) is 0 Å². The largest absolute Gasteiger partial charge is 0.361 e. The van der Waals surface area contributed by atoms with E-state index in [1.54, 1.807) is 23.5 Å². The first-order chi connectivity index (χ1) is 5.29. The van der Waals surface area contributed by atoms with Gasteiger partial charge in [0.05, 0.1) is 0 Å². The van der Waals surface area contributed by atoms with Gasteiger partial charge in [0.1, 0.15) is 4.61 Å². The summed E-state index contributed by atoms with van der Waals surface area (Å²) >= 11 is 3.30. The Balaban J connectivity index is 2.29. The predicted molar refractivity (Wildman–Crippen MR) is 43.1 cm³/mol. The quantitative estimate of drug-likeness (QED) is 0.560. The summed E-state index contributed by atoms with van der Waals surface area (Å²) in [5.74, 6) is -0.0433. The first-order valence-corrected chi connectivity index (χ1v) is 3.95. The monoisotopic (exact) mass is 215 g/mol. The lowest BCUT2D eigenvalue weighted by Crippen LogP contribution is -2.48. The number of carbonyl (C=O) groups excluding carboxylic acids is 1. The third kappa shape index (κ3) is 0.920. The molecule has 0 aromatic heterocycles. The smallest absolute Gasteiger partial charge is 0.267 e. The van der Waals surface area contributed by atoms with Crippen LogP contribution >= 0.6 is 15.9 Å². The average molecular weight is 216 g/mol. The summed E-state index contributed by atoms with van der Waals surface area (Å²) in [4.78, 5) is 12.9. The van der Waals surface area contributed by atoms with Crippen LogP contribution in [0.3, 0.4) is 0 Å². The summed E-state index contributed by atoms with van der Waals surface area (Å²) < 4.78 is 0.869. The molecule has 1 unspecified atom stereocenters. The molecular formula is C6H6BrN3O. The van der Waals surface area contributed by atoms with Gasteiger partial charge in [-0.1, -0.05) is 0 Å². The van der Waals surface area contributed by atoms with E-state index in [0.717, 1.165) is 4.61 Å². The van der Waals surface area contributed by atoms with Crippen molar-refractivity contribution in [1.29, 1.82) is 0 Å². The highest BCUT2D eigenvalue weighted by atomic mass is 79.9. The molecule has 2 rings (SSSR count). The van der Waals surface area contributed by atoms with Crippen molar-refractivity contribution in [2.45, 2.75) is 6.17 Å². The van der Waals surface area contributed by atoms with Crippen LogP contribution in [0.15, 0.2) is 23.2 Å². The zero-order chi connectivity index (χ0) is 7.84. The van der Waals surface area contributed by atoms with Gasteiger partial charge in [0.15, 0.2) is 6.17 Å². The Morgan fingerprint density at radius 2 is 2.45 bits per heavy atom. The van der Waals surface area contributed by atoms with E-state index in [-0.39, 0.29) is 12.1 Å². The van der Waals surface area contributed by atoms with Crippen molar-refractivity contribution >= 4 is 21.8 Å². The van der Waals surface area contributed by atoms with Crippen LogP contribution in [-0.4, -0.2) is 17.0 Å². The Kier molecular flexibility index (Phi) is 1.38. The number of nitrogens with one attached hydrogen (secondary N) is 2. The van der Waals surface area contributed by atoms with Gasteiger partial charge < -0.3 is 15.5 Å². The van der Waals surface area contributed by atoms with Crippen molar-refractivity contribution in [2.75, 3.05) is 0 Å². The van der Waals surface area contributed by atoms with Gasteiger partial charge in [-0.15, -0.1) is 0 Å². The minimum absolute atomic E-state index is 0.0433. The number of fused-ring (bicyclic) bond motifs is 1. The molecule has 0 saturated heterocycles. The molecule has 5 heteroatoms. The van der Waals surface area contributed by atoms with Crippen LogP contribution in [0.4, 0.5) is 0 Å². The van der Waals surface area contributed by atoms with E-state index in [1.165, 1.54) is 0 Å². The highest BCUT2D eigenvalue weighted by Crippen LogP contribution is 2.21. The molecule has 11 heavy (non-hydrogen) atoms. The van der Waals surface area contributed by atoms with E-state index in [2.05, 4.69) is 26.6 Å². The number of nitrogens with zero attached hydrogens (tertiary/aromatic N) is 1. The standard InChI is InChI=1S/C6H6BrN3O/c7-4-3-9-5-6(11)8-1-2-10(4)5/h1-3,5,9H,(H,8,11). The third-order valence-electron chi connectivity index (χ3n) is 1.59. The number of amides is 1. The molecule has 1 amide bonds. The summed E-state index contributed by atoms with van der Waals surface area (Å²) in [7, 11) is 0. The molecule has 0 bridgehead atoms. The molecule has 4 nitrogen and oxygen atoms in total. The normalized spacial score (nSPS) is 27.4. The van der Waals surface area contributed by atoms with Gasteiger partial charge in [-0.3, -0.25) is 4.79 Å². The lowest BCUT2D eigenvalue weighted by Gasteiger charge is -2.25. The van der Waals surface area contributed by atoms with E-state index in [9.17, 15) is 4.79 Å². The van der Waals surface area contributed by atoms with Gasteiger partial charge >= 0.3 is 0 Å². The van der Waals surface area contributed by atoms with Crippen LogP contribution in [0.2, 0.25) is 0 Å². The minimum Gasteiger partial charge on any atom is -0.361 e. The number of rotatable bonds is 0.